The molecule has 0 aromatic rings. The maximum Gasteiger partial charge on any atom is 0.232 e. The summed E-state index contributed by atoms with van der Waals surface area (Å²) in [6.45, 7) is 14.1. The van der Waals surface area contributed by atoms with E-state index < -0.39 is 11.6 Å². The number of aliphatic hydroxyl groups excluding tert-OH is 1. The summed E-state index contributed by atoms with van der Waals surface area (Å²) < 4.78 is 0. The van der Waals surface area contributed by atoms with Gasteiger partial charge in [-0.15, -0.1) is 0 Å². The maximum atomic E-state index is 12.8. The van der Waals surface area contributed by atoms with Gasteiger partial charge >= 0.3 is 0 Å². The van der Waals surface area contributed by atoms with Crippen molar-refractivity contribution in [2.75, 3.05) is 6.54 Å². The molecule has 0 bridgehead atoms. The molecular weight excluding hydrogens is 374 g/mol. The summed E-state index contributed by atoms with van der Waals surface area (Å²) in [5, 5.41) is 14.2. The predicted octanol–water partition coefficient (Wildman–Crippen LogP) is 5.66. The number of nitrogens with one attached hydrogen (secondary N) is 1. The first-order chi connectivity index (χ1) is 14.0. The quantitative estimate of drug-likeness (QED) is 0.335. The van der Waals surface area contributed by atoms with E-state index in [2.05, 4.69) is 52.9 Å². The lowest BCUT2D eigenvalue weighted by molar-refractivity contribution is -0.132. The molecule has 4 atom stereocenters. The van der Waals surface area contributed by atoms with Crippen LogP contribution in [0.5, 0.6) is 0 Å². The number of aliphatic hydroxyl groups is 1. The smallest absolute Gasteiger partial charge is 0.232 e. The number of fused-ring (bicyclic) bond motifs is 1. The van der Waals surface area contributed by atoms with Crippen LogP contribution in [-0.2, 0) is 9.59 Å². The monoisotopic (exact) mass is 413 g/mol. The number of allylic oxidation sites excluding steroid dienone is 4. The van der Waals surface area contributed by atoms with Crippen LogP contribution in [0.1, 0.15) is 80.1 Å². The Morgan fingerprint density at radius 3 is 2.63 bits per heavy atom. The molecule has 4 nitrogen and oxygen atoms in total. The van der Waals surface area contributed by atoms with Crippen LogP contribution in [0, 0.1) is 28.6 Å². The van der Waals surface area contributed by atoms with E-state index >= 15 is 0 Å². The van der Waals surface area contributed by atoms with E-state index in [-0.39, 0.29) is 16.6 Å². The minimum absolute atomic E-state index is 0.0255. The first-order valence-electron chi connectivity index (χ1n) is 11.7. The molecule has 0 amide bonds. The molecule has 3 aliphatic rings. The van der Waals surface area contributed by atoms with Gasteiger partial charge < -0.3 is 10.4 Å². The molecule has 0 spiro atoms. The van der Waals surface area contributed by atoms with Gasteiger partial charge in [0.1, 0.15) is 5.76 Å². The summed E-state index contributed by atoms with van der Waals surface area (Å²) >= 11 is 0. The Balaban J connectivity index is 1.94. The molecule has 2 N–H and O–H groups in total. The van der Waals surface area contributed by atoms with Crippen molar-refractivity contribution in [2.45, 2.75) is 80.1 Å². The van der Waals surface area contributed by atoms with Gasteiger partial charge in [-0.2, -0.15) is 0 Å². The van der Waals surface area contributed by atoms with Crippen LogP contribution in [0.2, 0.25) is 0 Å². The van der Waals surface area contributed by atoms with E-state index in [1.54, 1.807) is 0 Å². The fourth-order valence-electron chi connectivity index (χ4n) is 5.63. The van der Waals surface area contributed by atoms with Crippen LogP contribution in [0.4, 0.5) is 0 Å². The lowest BCUT2D eigenvalue weighted by Gasteiger charge is -2.53. The highest BCUT2D eigenvalue weighted by molar-refractivity contribution is 6.48. The van der Waals surface area contributed by atoms with E-state index in [1.165, 1.54) is 24.5 Å². The van der Waals surface area contributed by atoms with E-state index in [0.717, 1.165) is 19.3 Å². The Morgan fingerprint density at radius 2 is 1.97 bits per heavy atom. The molecule has 3 rings (SSSR count). The van der Waals surface area contributed by atoms with Crippen LogP contribution in [0.3, 0.4) is 0 Å². The fraction of sp³-hybridized carbons (Fsp3) is 0.692. The molecule has 3 aliphatic carbocycles. The van der Waals surface area contributed by atoms with Crippen molar-refractivity contribution in [3.63, 3.8) is 0 Å². The number of carbonyl (C=O) groups is 2. The number of ketones is 2. The van der Waals surface area contributed by atoms with Gasteiger partial charge in [0, 0.05) is 18.2 Å². The van der Waals surface area contributed by atoms with Gasteiger partial charge in [0.15, 0.2) is 0 Å². The van der Waals surface area contributed by atoms with Crippen LogP contribution in [0.15, 0.2) is 34.8 Å². The lowest BCUT2D eigenvalue weighted by atomic mass is 9.51. The van der Waals surface area contributed by atoms with Crippen molar-refractivity contribution in [1.82, 2.24) is 5.32 Å². The molecule has 0 radical (unpaired) electrons. The normalized spacial score (nSPS) is 32.3. The lowest BCUT2D eigenvalue weighted by Crippen LogP contribution is -2.45. The molecule has 4 heteroatoms. The second-order valence-corrected chi connectivity index (χ2v) is 10.8. The van der Waals surface area contributed by atoms with Gasteiger partial charge in [0.05, 0.1) is 5.70 Å². The largest absolute Gasteiger partial charge is 0.505 e. The van der Waals surface area contributed by atoms with Crippen LogP contribution < -0.4 is 5.32 Å². The summed E-state index contributed by atoms with van der Waals surface area (Å²) in [5.41, 5.74) is 2.24. The molecule has 0 saturated heterocycles. The third-order valence-corrected chi connectivity index (χ3v) is 8.27. The van der Waals surface area contributed by atoms with E-state index in [4.69, 9.17) is 0 Å². The van der Waals surface area contributed by atoms with Gasteiger partial charge in [-0.3, -0.25) is 9.59 Å². The van der Waals surface area contributed by atoms with E-state index in [9.17, 15) is 14.7 Å². The van der Waals surface area contributed by atoms with Crippen LogP contribution >= 0.6 is 0 Å². The Hall–Kier alpha value is -1.84. The predicted molar refractivity (Wildman–Crippen MR) is 121 cm³/mol. The standard InChI is InChI=1S/C26H39NO3/c1-7-16(2)15-27-21-13-22(28)24(30)18(23(21)29)14-26(6)17(3)10-11-19-20(26)9-8-12-25(19,4)5/h11,13,16-17,20,27,29H,7-10,12,14-15H2,1-6H3. The second-order valence-electron chi connectivity index (χ2n) is 10.8. The number of rotatable bonds is 6. The minimum atomic E-state index is -0.541. The maximum absolute atomic E-state index is 12.8. The molecule has 0 aliphatic heterocycles. The molecule has 1 fully saturated rings. The Bertz CT molecular complexity index is 816. The first kappa shape index (κ1) is 22.8. The first-order valence-corrected chi connectivity index (χ1v) is 11.7. The molecule has 30 heavy (non-hydrogen) atoms. The number of Topliss-reactive ketones (excluding diaryl/α,β-unsaturated/α-hetero) is 1. The molecule has 0 heterocycles. The molecule has 166 valence electrons. The van der Waals surface area contributed by atoms with E-state index in [0.29, 0.717) is 42.0 Å². The molecule has 0 aromatic carbocycles. The minimum Gasteiger partial charge on any atom is -0.505 e. The zero-order valence-corrected chi connectivity index (χ0v) is 19.6. The molecule has 4 unspecified atom stereocenters. The topological polar surface area (TPSA) is 66.4 Å². The second kappa shape index (κ2) is 8.36. The average molecular weight is 414 g/mol. The Morgan fingerprint density at radius 1 is 1.27 bits per heavy atom. The zero-order valence-electron chi connectivity index (χ0n) is 19.6. The summed E-state index contributed by atoms with van der Waals surface area (Å²) in [6.07, 6.45) is 9.62. The van der Waals surface area contributed by atoms with Crippen LogP contribution in [0.25, 0.3) is 0 Å². The summed E-state index contributed by atoms with van der Waals surface area (Å²) in [6, 6.07) is 0. The Labute approximate surface area is 181 Å². The van der Waals surface area contributed by atoms with Crippen molar-refractivity contribution in [3.05, 3.63) is 34.8 Å². The highest BCUT2D eigenvalue weighted by atomic mass is 16.3. The van der Waals surface area contributed by atoms with Gasteiger partial charge in [-0.25, -0.2) is 0 Å². The zero-order chi connectivity index (χ0) is 22.3. The SMILES string of the molecule is CCC(C)CNC1=CC(=O)C(=O)C(CC2(C)C(C)CC=C3C2CCCC3(C)C)=C1O. The van der Waals surface area contributed by atoms with Crippen molar-refractivity contribution < 1.29 is 14.7 Å². The highest BCUT2D eigenvalue weighted by Crippen LogP contribution is 2.58. The fourth-order valence-corrected chi connectivity index (χ4v) is 5.63. The summed E-state index contributed by atoms with van der Waals surface area (Å²) in [7, 11) is 0. The van der Waals surface area contributed by atoms with Crippen molar-refractivity contribution in [2.24, 2.45) is 28.6 Å². The van der Waals surface area contributed by atoms with Gasteiger partial charge in [0.2, 0.25) is 11.6 Å². The number of carbonyl (C=O) groups excluding carboxylic acids is 2. The van der Waals surface area contributed by atoms with Gasteiger partial charge in [0.25, 0.3) is 0 Å². The molecule has 1 saturated carbocycles. The van der Waals surface area contributed by atoms with Crippen LogP contribution in [-0.4, -0.2) is 23.2 Å². The van der Waals surface area contributed by atoms with Gasteiger partial charge in [-0.1, -0.05) is 66.0 Å². The molecular formula is C26H39NO3. The van der Waals surface area contributed by atoms with Crippen molar-refractivity contribution >= 4 is 11.6 Å². The van der Waals surface area contributed by atoms with Crippen molar-refractivity contribution in [1.29, 1.82) is 0 Å². The van der Waals surface area contributed by atoms with E-state index in [1.807, 2.05) is 0 Å². The number of hydrogen-bond acceptors (Lipinski definition) is 4. The third kappa shape index (κ3) is 4.02. The highest BCUT2D eigenvalue weighted by Gasteiger charge is 2.49. The molecule has 0 aromatic heterocycles. The Kier molecular flexibility index (Phi) is 6.36. The number of hydrogen-bond donors (Lipinski definition) is 2. The summed E-state index contributed by atoms with van der Waals surface area (Å²) in [4.78, 5) is 25.3. The van der Waals surface area contributed by atoms with Crippen molar-refractivity contribution in [3.8, 4) is 0 Å². The summed E-state index contributed by atoms with van der Waals surface area (Å²) in [5.74, 6) is 0.0919. The average Bonchev–Trinajstić information content (AvgIpc) is 2.69. The van der Waals surface area contributed by atoms with Gasteiger partial charge in [-0.05, 0) is 54.3 Å². The third-order valence-electron chi connectivity index (χ3n) is 8.27.